The van der Waals surface area contributed by atoms with Crippen LogP contribution in [0.3, 0.4) is 0 Å². The van der Waals surface area contributed by atoms with Gasteiger partial charge in [-0.15, -0.1) is 0 Å². The molecule has 0 aliphatic rings. The molecule has 0 saturated heterocycles. The van der Waals surface area contributed by atoms with Crippen LogP contribution in [-0.4, -0.2) is 45.8 Å². The van der Waals surface area contributed by atoms with Crippen LogP contribution in [0.15, 0.2) is 48.5 Å². The van der Waals surface area contributed by atoms with Crippen molar-refractivity contribution in [2.45, 2.75) is 19.9 Å². The molecular weight excluding hydrogens is 385 g/mol. The fraction of sp³-hybridized carbons (Fsp3) is 0.261. The van der Waals surface area contributed by atoms with Gasteiger partial charge < -0.3 is 10.1 Å². The van der Waals surface area contributed by atoms with Gasteiger partial charge in [0, 0.05) is 47.9 Å². The van der Waals surface area contributed by atoms with Gasteiger partial charge in [-0.25, -0.2) is 9.87 Å². The Balaban J connectivity index is 1.70. The Labute approximate surface area is 174 Å². The number of aryl methyl sites for hydroxylation is 1. The van der Waals surface area contributed by atoms with Gasteiger partial charge >= 0.3 is 0 Å². The lowest BCUT2D eigenvalue weighted by Gasteiger charge is -2.22. The Morgan fingerprint density at radius 2 is 2.03 bits per heavy atom. The number of carbonyl (C=O) groups is 1. The van der Waals surface area contributed by atoms with Crippen molar-refractivity contribution in [3.8, 4) is 0 Å². The molecule has 1 heterocycles. The van der Waals surface area contributed by atoms with Crippen molar-refractivity contribution in [1.29, 1.82) is 0 Å². The van der Waals surface area contributed by atoms with Crippen LogP contribution in [0.4, 0.5) is 4.39 Å². The number of nitrogens with one attached hydrogen (secondary N) is 2. The van der Waals surface area contributed by atoms with Crippen LogP contribution in [0, 0.1) is 12.7 Å². The summed E-state index contributed by atoms with van der Waals surface area (Å²) in [5.41, 5.74) is 5.98. The molecular formula is C23H26FN3O3. The number of aromatic nitrogens is 1. The Morgan fingerprint density at radius 1 is 1.23 bits per heavy atom. The highest BCUT2D eigenvalue weighted by molar-refractivity contribution is 5.90. The largest absolute Gasteiger partial charge is 0.395 e. The van der Waals surface area contributed by atoms with E-state index in [1.807, 2.05) is 23.1 Å². The minimum atomic E-state index is -0.679. The van der Waals surface area contributed by atoms with Crippen LogP contribution >= 0.6 is 0 Å². The number of halogens is 1. The van der Waals surface area contributed by atoms with Crippen LogP contribution in [0.1, 0.15) is 22.4 Å². The number of hydrogen-bond acceptors (Lipinski definition) is 4. The second kappa shape index (κ2) is 10.2. The molecule has 1 amide bonds. The van der Waals surface area contributed by atoms with Crippen molar-refractivity contribution < 1.29 is 19.5 Å². The molecule has 0 aliphatic carbocycles. The molecule has 0 radical (unpaired) electrons. The zero-order valence-corrected chi connectivity index (χ0v) is 16.9. The molecule has 0 unspecified atom stereocenters. The van der Waals surface area contributed by atoms with E-state index in [0.717, 1.165) is 23.7 Å². The lowest BCUT2D eigenvalue weighted by molar-refractivity contribution is -0.124. The number of hydroxylamine groups is 1. The Bertz CT molecular complexity index is 1050. The standard InChI is InChI=1S/C23H26FN3O3/c1-16-19(20-4-2-3-5-22(20)25-16)10-11-27(12-13-28)15-18-8-6-17(14-21(18)24)7-9-23(29)26-30/h2-9,14,25,28,30H,10-13,15H2,1H3,(H,26,29)/b9-7+. The zero-order chi connectivity index (χ0) is 21.5. The molecule has 0 aliphatic heterocycles. The third-order valence-electron chi connectivity index (χ3n) is 5.13. The van der Waals surface area contributed by atoms with E-state index in [0.29, 0.717) is 30.8 Å². The first kappa shape index (κ1) is 21.7. The first-order valence-corrected chi connectivity index (χ1v) is 9.81. The van der Waals surface area contributed by atoms with Gasteiger partial charge in [0.05, 0.1) is 6.61 Å². The molecule has 6 nitrogen and oxygen atoms in total. The van der Waals surface area contributed by atoms with E-state index < -0.39 is 5.91 Å². The Morgan fingerprint density at radius 3 is 2.77 bits per heavy atom. The number of hydrogen-bond donors (Lipinski definition) is 4. The quantitative estimate of drug-likeness (QED) is 0.247. The van der Waals surface area contributed by atoms with Crippen LogP contribution in [0.5, 0.6) is 0 Å². The van der Waals surface area contributed by atoms with Crippen molar-refractivity contribution in [1.82, 2.24) is 15.4 Å². The lowest BCUT2D eigenvalue weighted by Crippen LogP contribution is -2.29. The molecule has 0 atom stereocenters. The number of H-pyrrole nitrogens is 1. The molecule has 0 bridgehead atoms. The van der Waals surface area contributed by atoms with Crippen LogP contribution in [0.2, 0.25) is 0 Å². The fourth-order valence-corrected chi connectivity index (χ4v) is 3.58. The molecule has 0 saturated carbocycles. The van der Waals surface area contributed by atoms with E-state index in [4.69, 9.17) is 5.21 Å². The number of rotatable bonds is 9. The van der Waals surface area contributed by atoms with Gasteiger partial charge in [-0.1, -0.05) is 30.3 Å². The predicted molar refractivity (Wildman–Crippen MR) is 114 cm³/mol. The number of benzene rings is 2. The van der Waals surface area contributed by atoms with Crippen molar-refractivity contribution in [2.24, 2.45) is 0 Å². The number of carbonyl (C=O) groups excluding carboxylic acids is 1. The molecule has 3 aromatic rings. The molecule has 7 heteroatoms. The van der Waals surface area contributed by atoms with Gasteiger partial charge in [0.1, 0.15) is 5.82 Å². The van der Waals surface area contributed by atoms with E-state index in [9.17, 15) is 14.3 Å². The second-order valence-corrected chi connectivity index (χ2v) is 7.18. The summed E-state index contributed by atoms with van der Waals surface area (Å²) in [7, 11) is 0. The molecule has 2 aromatic carbocycles. The topological polar surface area (TPSA) is 88.6 Å². The Kier molecular flexibility index (Phi) is 7.35. The third-order valence-corrected chi connectivity index (χ3v) is 5.13. The van der Waals surface area contributed by atoms with Crippen molar-refractivity contribution in [2.75, 3.05) is 19.7 Å². The maximum atomic E-state index is 14.6. The summed E-state index contributed by atoms with van der Waals surface area (Å²) in [4.78, 5) is 16.5. The number of aliphatic hydroxyl groups excluding tert-OH is 1. The smallest absolute Gasteiger partial charge is 0.267 e. The minimum Gasteiger partial charge on any atom is -0.395 e. The van der Waals surface area contributed by atoms with Crippen LogP contribution < -0.4 is 5.48 Å². The van der Waals surface area contributed by atoms with Gasteiger partial charge in [0.25, 0.3) is 5.91 Å². The maximum Gasteiger partial charge on any atom is 0.267 e. The van der Waals surface area contributed by atoms with Crippen molar-refractivity contribution >= 4 is 22.9 Å². The summed E-state index contributed by atoms with van der Waals surface area (Å²) < 4.78 is 14.6. The average Bonchev–Trinajstić information content (AvgIpc) is 3.07. The first-order chi connectivity index (χ1) is 14.5. The van der Waals surface area contributed by atoms with Gasteiger partial charge in [0.15, 0.2) is 0 Å². The normalized spacial score (nSPS) is 11.6. The van der Waals surface area contributed by atoms with Crippen molar-refractivity contribution in [3.63, 3.8) is 0 Å². The summed E-state index contributed by atoms with van der Waals surface area (Å²) in [6.07, 6.45) is 3.33. The summed E-state index contributed by atoms with van der Waals surface area (Å²) in [5, 5.41) is 19.1. The van der Waals surface area contributed by atoms with Gasteiger partial charge in [-0.05, 0) is 42.7 Å². The number of para-hydroxylation sites is 1. The van der Waals surface area contributed by atoms with E-state index in [1.54, 1.807) is 12.1 Å². The third kappa shape index (κ3) is 5.33. The highest BCUT2D eigenvalue weighted by atomic mass is 19.1. The molecule has 30 heavy (non-hydrogen) atoms. The SMILES string of the molecule is Cc1[nH]c2ccccc2c1CCN(CCO)Cc1ccc(/C=C/C(=O)NO)cc1F. The summed E-state index contributed by atoms with van der Waals surface area (Å²) >= 11 is 0. The predicted octanol–water partition coefficient (Wildman–Crippen LogP) is 3.17. The molecule has 1 aromatic heterocycles. The van der Waals surface area contributed by atoms with E-state index in [1.165, 1.54) is 28.6 Å². The number of amides is 1. The van der Waals surface area contributed by atoms with Crippen LogP contribution in [0.25, 0.3) is 17.0 Å². The fourth-order valence-electron chi connectivity index (χ4n) is 3.58. The molecule has 0 fully saturated rings. The summed E-state index contributed by atoms with van der Waals surface area (Å²) in [5.74, 6) is -1.06. The number of fused-ring (bicyclic) bond motifs is 1. The van der Waals surface area contributed by atoms with E-state index in [2.05, 4.69) is 18.0 Å². The van der Waals surface area contributed by atoms with E-state index in [-0.39, 0.29) is 12.4 Å². The second-order valence-electron chi connectivity index (χ2n) is 7.18. The Hall–Kier alpha value is -3.00. The van der Waals surface area contributed by atoms with Gasteiger partial charge in [-0.2, -0.15) is 0 Å². The number of aromatic amines is 1. The summed E-state index contributed by atoms with van der Waals surface area (Å²) in [6.45, 7) is 3.54. The van der Waals surface area contributed by atoms with Gasteiger partial charge in [-0.3, -0.25) is 14.9 Å². The number of aliphatic hydroxyl groups is 1. The monoisotopic (exact) mass is 411 g/mol. The average molecular weight is 411 g/mol. The van der Waals surface area contributed by atoms with Crippen molar-refractivity contribution in [3.05, 3.63) is 76.7 Å². The highest BCUT2D eigenvalue weighted by Gasteiger charge is 2.13. The van der Waals surface area contributed by atoms with E-state index >= 15 is 0 Å². The zero-order valence-electron chi connectivity index (χ0n) is 16.9. The first-order valence-electron chi connectivity index (χ1n) is 9.81. The maximum absolute atomic E-state index is 14.6. The molecule has 4 N–H and O–H groups in total. The van der Waals surface area contributed by atoms with Gasteiger partial charge in [0.2, 0.25) is 0 Å². The molecule has 0 spiro atoms. The van der Waals surface area contributed by atoms with Crippen LogP contribution in [-0.2, 0) is 17.8 Å². The summed E-state index contributed by atoms with van der Waals surface area (Å²) in [6, 6.07) is 12.9. The lowest BCUT2D eigenvalue weighted by atomic mass is 10.1. The molecule has 158 valence electrons. The minimum absolute atomic E-state index is 0.00835. The highest BCUT2D eigenvalue weighted by Crippen LogP contribution is 2.23. The molecule has 3 rings (SSSR count). The number of nitrogens with zero attached hydrogens (tertiary/aromatic N) is 1.